The third-order valence-corrected chi connectivity index (χ3v) is 4.34. The van der Waals surface area contributed by atoms with E-state index in [1.807, 2.05) is 18.2 Å². The summed E-state index contributed by atoms with van der Waals surface area (Å²) in [4.78, 5) is 23.2. The highest BCUT2D eigenvalue weighted by molar-refractivity contribution is 6.30. The fraction of sp³-hybridized carbons (Fsp3) is 0.389. The summed E-state index contributed by atoms with van der Waals surface area (Å²) in [5, 5.41) is 3.58. The van der Waals surface area contributed by atoms with E-state index < -0.39 is 0 Å². The van der Waals surface area contributed by atoms with Crippen LogP contribution in [0, 0.1) is 0 Å². The first-order valence-corrected chi connectivity index (χ1v) is 8.66. The van der Waals surface area contributed by atoms with Crippen molar-refractivity contribution in [1.82, 2.24) is 15.3 Å². The maximum atomic E-state index is 12.1. The minimum absolute atomic E-state index is 0.0320. The molecule has 1 aromatic carbocycles. The van der Waals surface area contributed by atoms with Crippen LogP contribution >= 0.6 is 11.6 Å². The smallest absolute Gasteiger partial charge is 0.225 e. The molecule has 0 atom stereocenters. The monoisotopic (exact) mass is 344 g/mol. The number of benzene rings is 1. The van der Waals surface area contributed by atoms with Crippen LogP contribution in [0.3, 0.4) is 0 Å². The van der Waals surface area contributed by atoms with Gasteiger partial charge in [0.1, 0.15) is 0 Å². The topological polar surface area (TPSA) is 58.1 Å². The molecule has 2 heterocycles. The molecule has 1 amide bonds. The summed E-state index contributed by atoms with van der Waals surface area (Å²) >= 11 is 5.85. The Hall–Kier alpha value is -2.14. The molecule has 1 aliphatic rings. The lowest BCUT2D eigenvalue weighted by molar-refractivity contribution is -0.120. The Labute approximate surface area is 147 Å². The van der Waals surface area contributed by atoms with Crippen LogP contribution in [0.5, 0.6) is 0 Å². The van der Waals surface area contributed by atoms with Crippen molar-refractivity contribution >= 4 is 23.5 Å². The van der Waals surface area contributed by atoms with Gasteiger partial charge in [-0.3, -0.25) is 4.79 Å². The molecule has 1 fully saturated rings. The molecule has 1 aromatic heterocycles. The zero-order chi connectivity index (χ0) is 16.8. The molecular formula is C18H21ClN4O. The van der Waals surface area contributed by atoms with E-state index in [-0.39, 0.29) is 5.91 Å². The number of halogens is 1. The van der Waals surface area contributed by atoms with Gasteiger partial charge >= 0.3 is 0 Å². The van der Waals surface area contributed by atoms with Gasteiger partial charge in [-0.1, -0.05) is 23.7 Å². The van der Waals surface area contributed by atoms with Crippen LogP contribution in [-0.2, 0) is 17.8 Å². The minimum Gasteiger partial charge on any atom is -0.350 e. The molecule has 126 valence electrons. The van der Waals surface area contributed by atoms with Crippen molar-refractivity contribution in [3.05, 3.63) is 52.8 Å². The van der Waals surface area contributed by atoms with Gasteiger partial charge in [0.2, 0.25) is 11.9 Å². The van der Waals surface area contributed by atoms with Crippen molar-refractivity contribution in [3.8, 4) is 0 Å². The van der Waals surface area contributed by atoms with Crippen molar-refractivity contribution in [2.24, 2.45) is 0 Å². The maximum absolute atomic E-state index is 12.1. The molecule has 24 heavy (non-hydrogen) atoms. The SMILES string of the molecule is O=C(Cc1ccc(Cl)cc1)NCc1ccnc(N2CCCCC2)n1. The number of amides is 1. The van der Waals surface area contributed by atoms with Gasteiger partial charge in [-0.05, 0) is 43.0 Å². The Bertz CT molecular complexity index is 684. The average Bonchev–Trinajstić information content (AvgIpc) is 2.63. The third kappa shape index (κ3) is 4.68. The van der Waals surface area contributed by atoms with Crippen molar-refractivity contribution in [2.45, 2.75) is 32.2 Å². The fourth-order valence-corrected chi connectivity index (χ4v) is 2.89. The van der Waals surface area contributed by atoms with Gasteiger partial charge < -0.3 is 10.2 Å². The summed E-state index contributed by atoms with van der Waals surface area (Å²) in [6, 6.07) is 9.15. The predicted octanol–water partition coefficient (Wildman–Crippen LogP) is 2.98. The molecule has 6 heteroatoms. The van der Waals surface area contributed by atoms with Crippen molar-refractivity contribution in [2.75, 3.05) is 18.0 Å². The van der Waals surface area contributed by atoms with E-state index >= 15 is 0 Å². The number of aromatic nitrogens is 2. The molecule has 0 bridgehead atoms. The number of hydrogen-bond donors (Lipinski definition) is 1. The molecule has 0 saturated carbocycles. The number of anilines is 1. The van der Waals surface area contributed by atoms with Gasteiger partial charge in [0.25, 0.3) is 0 Å². The summed E-state index contributed by atoms with van der Waals surface area (Å²) in [6.45, 7) is 2.43. The molecule has 3 rings (SSSR count). The molecule has 1 N–H and O–H groups in total. The van der Waals surface area contributed by atoms with Crippen LogP contribution in [0.15, 0.2) is 36.5 Å². The van der Waals surface area contributed by atoms with Gasteiger partial charge in [0.15, 0.2) is 0 Å². The summed E-state index contributed by atoms with van der Waals surface area (Å²) in [5.41, 5.74) is 1.77. The first kappa shape index (κ1) is 16.7. The van der Waals surface area contributed by atoms with Crippen LogP contribution in [0.2, 0.25) is 5.02 Å². The lowest BCUT2D eigenvalue weighted by Gasteiger charge is -2.26. The summed E-state index contributed by atoms with van der Waals surface area (Å²) < 4.78 is 0. The highest BCUT2D eigenvalue weighted by atomic mass is 35.5. The second-order valence-corrected chi connectivity index (χ2v) is 6.41. The number of carbonyl (C=O) groups excluding carboxylic acids is 1. The number of nitrogens with one attached hydrogen (secondary N) is 1. The van der Waals surface area contributed by atoms with Crippen molar-refractivity contribution in [3.63, 3.8) is 0 Å². The summed E-state index contributed by atoms with van der Waals surface area (Å²) in [7, 11) is 0. The Morgan fingerprint density at radius 1 is 1.12 bits per heavy atom. The molecular weight excluding hydrogens is 324 g/mol. The number of hydrogen-bond acceptors (Lipinski definition) is 4. The van der Waals surface area contributed by atoms with Gasteiger partial charge in [-0.15, -0.1) is 0 Å². The number of piperidine rings is 1. The number of rotatable bonds is 5. The van der Waals surface area contributed by atoms with E-state index in [0.717, 1.165) is 30.3 Å². The van der Waals surface area contributed by atoms with E-state index in [1.165, 1.54) is 19.3 Å². The van der Waals surface area contributed by atoms with Gasteiger partial charge in [0, 0.05) is 24.3 Å². The Balaban J connectivity index is 1.54. The van der Waals surface area contributed by atoms with Crippen LogP contribution in [0.4, 0.5) is 5.95 Å². The fourth-order valence-electron chi connectivity index (χ4n) is 2.77. The zero-order valence-corrected chi connectivity index (χ0v) is 14.3. The predicted molar refractivity (Wildman–Crippen MR) is 95.1 cm³/mol. The van der Waals surface area contributed by atoms with Gasteiger partial charge in [-0.25, -0.2) is 9.97 Å². The van der Waals surface area contributed by atoms with Crippen molar-refractivity contribution < 1.29 is 4.79 Å². The molecule has 0 unspecified atom stereocenters. The molecule has 2 aromatic rings. The highest BCUT2D eigenvalue weighted by Gasteiger charge is 2.13. The summed E-state index contributed by atoms with van der Waals surface area (Å²) in [5.74, 6) is 0.731. The van der Waals surface area contributed by atoms with E-state index in [4.69, 9.17) is 11.6 Å². The molecule has 0 aliphatic carbocycles. The van der Waals surface area contributed by atoms with Crippen molar-refractivity contribution in [1.29, 1.82) is 0 Å². The van der Waals surface area contributed by atoms with Crippen LogP contribution < -0.4 is 10.2 Å². The average molecular weight is 345 g/mol. The highest BCUT2D eigenvalue weighted by Crippen LogP contribution is 2.15. The lowest BCUT2D eigenvalue weighted by atomic mass is 10.1. The summed E-state index contributed by atoms with van der Waals surface area (Å²) in [6.07, 6.45) is 5.74. The maximum Gasteiger partial charge on any atom is 0.225 e. The van der Waals surface area contributed by atoms with Crippen LogP contribution in [0.25, 0.3) is 0 Å². The minimum atomic E-state index is -0.0320. The van der Waals surface area contributed by atoms with Gasteiger partial charge in [-0.2, -0.15) is 0 Å². The quantitative estimate of drug-likeness (QED) is 0.906. The first-order valence-electron chi connectivity index (χ1n) is 8.29. The molecule has 1 saturated heterocycles. The first-order chi connectivity index (χ1) is 11.7. The molecule has 0 spiro atoms. The lowest BCUT2D eigenvalue weighted by Crippen LogP contribution is -2.31. The normalized spacial score (nSPS) is 14.5. The van der Waals surface area contributed by atoms with E-state index in [9.17, 15) is 4.79 Å². The zero-order valence-electron chi connectivity index (χ0n) is 13.5. The third-order valence-electron chi connectivity index (χ3n) is 4.08. The Morgan fingerprint density at radius 3 is 2.62 bits per heavy atom. The van der Waals surface area contributed by atoms with E-state index in [2.05, 4.69) is 20.2 Å². The van der Waals surface area contributed by atoms with Crippen LogP contribution in [0.1, 0.15) is 30.5 Å². The number of nitrogens with zero attached hydrogens (tertiary/aromatic N) is 3. The second kappa shape index (κ2) is 8.11. The van der Waals surface area contributed by atoms with E-state index in [1.54, 1.807) is 18.3 Å². The Kier molecular flexibility index (Phi) is 5.64. The van der Waals surface area contributed by atoms with E-state index in [0.29, 0.717) is 18.0 Å². The molecule has 1 aliphatic heterocycles. The molecule has 5 nitrogen and oxygen atoms in total. The van der Waals surface area contributed by atoms with Crippen LogP contribution in [-0.4, -0.2) is 29.0 Å². The Morgan fingerprint density at radius 2 is 1.88 bits per heavy atom. The standard InChI is InChI=1S/C18H21ClN4O/c19-15-6-4-14(5-7-15)12-17(24)21-13-16-8-9-20-18(22-16)23-10-2-1-3-11-23/h4-9H,1-3,10-13H2,(H,21,24). The van der Waals surface area contributed by atoms with Gasteiger partial charge in [0.05, 0.1) is 18.7 Å². The number of carbonyl (C=O) groups is 1. The second-order valence-electron chi connectivity index (χ2n) is 5.98. The largest absolute Gasteiger partial charge is 0.350 e. The molecule has 0 radical (unpaired) electrons.